The second kappa shape index (κ2) is 10.2. The summed E-state index contributed by atoms with van der Waals surface area (Å²) in [6, 6.07) is 5.94. The van der Waals surface area contributed by atoms with E-state index in [4.69, 9.17) is 4.74 Å². The van der Waals surface area contributed by atoms with E-state index < -0.39 is 6.04 Å². The highest BCUT2D eigenvalue weighted by molar-refractivity contribution is 5.97. The van der Waals surface area contributed by atoms with Crippen molar-refractivity contribution in [3.05, 3.63) is 24.3 Å². The number of benzene rings is 1. The minimum Gasteiger partial charge on any atom is -0.376 e. The van der Waals surface area contributed by atoms with Gasteiger partial charge in [0.1, 0.15) is 6.04 Å². The molecule has 4 N–H and O–H groups in total. The third kappa shape index (κ3) is 6.45. The molecule has 0 aromatic heterocycles. The predicted molar refractivity (Wildman–Crippen MR) is 111 cm³/mol. The topological polar surface area (TPSA) is 109 Å². The Morgan fingerprint density at radius 2 is 1.66 bits per heavy atom. The van der Waals surface area contributed by atoms with Crippen LogP contribution in [-0.2, 0) is 14.3 Å². The van der Waals surface area contributed by atoms with Crippen molar-refractivity contribution in [1.82, 2.24) is 10.6 Å². The van der Waals surface area contributed by atoms with Crippen LogP contribution < -0.4 is 21.3 Å². The minimum absolute atomic E-state index is 0.0296. The minimum atomic E-state index is -0.607. The lowest BCUT2D eigenvalue weighted by molar-refractivity contribution is -0.128. The zero-order valence-electron chi connectivity index (χ0n) is 16.8. The van der Waals surface area contributed by atoms with E-state index in [0.29, 0.717) is 17.9 Å². The monoisotopic (exact) mass is 402 g/mol. The zero-order valence-corrected chi connectivity index (χ0v) is 16.8. The first-order valence-corrected chi connectivity index (χ1v) is 10.4. The SMILES string of the molecule is C[C@@H](NC(=O)C1CCCC1)C(=O)Nc1ccc(NC(=O)NC[C@@H]2CCCO2)cc1. The molecular weight excluding hydrogens is 372 g/mol. The molecule has 8 heteroatoms. The van der Waals surface area contributed by atoms with E-state index in [2.05, 4.69) is 21.3 Å². The molecule has 158 valence electrons. The molecule has 1 aromatic rings. The maximum absolute atomic E-state index is 12.3. The fraction of sp³-hybridized carbons (Fsp3) is 0.571. The number of urea groups is 1. The lowest BCUT2D eigenvalue weighted by Crippen LogP contribution is -2.43. The largest absolute Gasteiger partial charge is 0.376 e. The Hall–Kier alpha value is -2.61. The molecule has 0 radical (unpaired) electrons. The third-order valence-electron chi connectivity index (χ3n) is 5.40. The molecule has 0 bridgehead atoms. The van der Waals surface area contributed by atoms with Gasteiger partial charge in [-0.05, 0) is 56.9 Å². The number of hydrogen-bond donors (Lipinski definition) is 4. The van der Waals surface area contributed by atoms with Crippen LogP contribution in [0.3, 0.4) is 0 Å². The predicted octanol–water partition coefficient (Wildman–Crippen LogP) is 2.62. The smallest absolute Gasteiger partial charge is 0.319 e. The summed E-state index contributed by atoms with van der Waals surface area (Å²) in [5.41, 5.74) is 1.22. The summed E-state index contributed by atoms with van der Waals surface area (Å²) in [4.78, 5) is 36.4. The Bertz CT molecular complexity index is 710. The van der Waals surface area contributed by atoms with Gasteiger partial charge >= 0.3 is 6.03 Å². The molecule has 2 atom stereocenters. The molecule has 0 spiro atoms. The van der Waals surface area contributed by atoms with Crippen LogP contribution in [0.25, 0.3) is 0 Å². The van der Waals surface area contributed by atoms with Crippen molar-refractivity contribution in [2.45, 2.75) is 57.6 Å². The summed E-state index contributed by atoms with van der Waals surface area (Å²) >= 11 is 0. The van der Waals surface area contributed by atoms with E-state index in [1.807, 2.05) is 0 Å². The Labute approximate surface area is 171 Å². The molecule has 1 aliphatic heterocycles. The summed E-state index contributed by atoms with van der Waals surface area (Å²) in [5, 5.41) is 11.1. The van der Waals surface area contributed by atoms with Crippen molar-refractivity contribution < 1.29 is 19.1 Å². The number of nitrogens with one attached hydrogen (secondary N) is 4. The van der Waals surface area contributed by atoms with Gasteiger partial charge in [-0.2, -0.15) is 0 Å². The Balaban J connectivity index is 1.41. The van der Waals surface area contributed by atoms with Crippen molar-refractivity contribution in [3.8, 4) is 0 Å². The van der Waals surface area contributed by atoms with Gasteiger partial charge in [-0.15, -0.1) is 0 Å². The lowest BCUT2D eigenvalue weighted by Gasteiger charge is -2.17. The van der Waals surface area contributed by atoms with Gasteiger partial charge in [0.05, 0.1) is 6.10 Å². The average Bonchev–Trinajstić information content (AvgIpc) is 3.42. The molecule has 1 heterocycles. The Morgan fingerprint density at radius 3 is 2.28 bits per heavy atom. The van der Waals surface area contributed by atoms with Gasteiger partial charge in [0.2, 0.25) is 11.8 Å². The molecule has 1 aromatic carbocycles. The number of carbonyl (C=O) groups excluding carboxylic acids is 3. The number of anilines is 2. The van der Waals surface area contributed by atoms with Crippen LogP contribution in [0.1, 0.15) is 45.4 Å². The summed E-state index contributed by atoms with van der Waals surface area (Å²) in [6.45, 7) is 2.92. The van der Waals surface area contributed by atoms with Crippen LogP contribution in [0.15, 0.2) is 24.3 Å². The highest BCUT2D eigenvalue weighted by Gasteiger charge is 2.25. The summed E-state index contributed by atoms with van der Waals surface area (Å²) < 4.78 is 5.47. The van der Waals surface area contributed by atoms with Crippen LogP contribution in [-0.4, -0.2) is 43.1 Å². The number of ether oxygens (including phenoxy) is 1. The first-order valence-electron chi connectivity index (χ1n) is 10.4. The Morgan fingerprint density at radius 1 is 1.00 bits per heavy atom. The van der Waals surface area contributed by atoms with E-state index in [-0.39, 0.29) is 29.9 Å². The van der Waals surface area contributed by atoms with Crippen molar-refractivity contribution in [2.75, 3.05) is 23.8 Å². The average molecular weight is 402 g/mol. The lowest BCUT2D eigenvalue weighted by atomic mass is 10.1. The molecule has 2 aliphatic rings. The normalized spacial score (nSPS) is 20.1. The van der Waals surface area contributed by atoms with Crippen LogP contribution in [0.5, 0.6) is 0 Å². The molecule has 0 unspecified atom stereocenters. The van der Waals surface area contributed by atoms with Crippen LogP contribution in [0, 0.1) is 5.92 Å². The molecule has 3 rings (SSSR count). The van der Waals surface area contributed by atoms with E-state index in [1.165, 1.54) is 0 Å². The summed E-state index contributed by atoms with van der Waals surface area (Å²) in [5.74, 6) is -0.285. The van der Waals surface area contributed by atoms with E-state index in [1.54, 1.807) is 31.2 Å². The number of hydrogen-bond acceptors (Lipinski definition) is 4. The first kappa shape index (κ1) is 21.1. The molecule has 1 saturated carbocycles. The fourth-order valence-electron chi connectivity index (χ4n) is 3.66. The van der Waals surface area contributed by atoms with Crippen LogP contribution in [0.4, 0.5) is 16.2 Å². The van der Waals surface area contributed by atoms with Gasteiger partial charge in [-0.25, -0.2) is 4.79 Å². The van der Waals surface area contributed by atoms with Gasteiger partial charge in [0, 0.05) is 30.4 Å². The first-order chi connectivity index (χ1) is 14.0. The molecule has 1 saturated heterocycles. The summed E-state index contributed by atoms with van der Waals surface area (Å²) in [6.07, 6.45) is 6.04. The molecule has 4 amide bonds. The molecule has 1 aliphatic carbocycles. The maximum Gasteiger partial charge on any atom is 0.319 e. The van der Waals surface area contributed by atoms with Gasteiger partial charge < -0.3 is 26.0 Å². The van der Waals surface area contributed by atoms with Gasteiger partial charge in [-0.1, -0.05) is 12.8 Å². The van der Waals surface area contributed by atoms with Gasteiger partial charge in [0.15, 0.2) is 0 Å². The van der Waals surface area contributed by atoms with E-state index in [0.717, 1.165) is 45.1 Å². The molecular formula is C21H30N4O4. The Kier molecular flexibility index (Phi) is 7.46. The zero-order chi connectivity index (χ0) is 20.6. The van der Waals surface area contributed by atoms with Crippen LogP contribution >= 0.6 is 0 Å². The van der Waals surface area contributed by atoms with E-state index >= 15 is 0 Å². The van der Waals surface area contributed by atoms with Crippen molar-refractivity contribution >= 4 is 29.2 Å². The van der Waals surface area contributed by atoms with Crippen molar-refractivity contribution in [1.29, 1.82) is 0 Å². The second-order valence-electron chi connectivity index (χ2n) is 7.75. The number of amides is 4. The highest BCUT2D eigenvalue weighted by Crippen LogP contribution is 2.24. The van der Waals surface area contributed by atoms with Crippen molar-refractivity contribution in [2.24, 2.45) is 5.92 Å². The fourth-order valence-corrected chi connectivity index (χ4v) is 3.66. The number of carbonyl (C=O) groups is 3. The van der Waals surface area contributed by atoms with E-state index in [9.17, 15) is 14.4 Å². The van der Waals surface area contributed by atoms with Crippen molar-refractivity contribution in [3.63, 3.8) is 0 Å². The quantitative estimate of drug-likeness (QED) is 0.562. The summed E-state index contributed by atoms with van der Waals surface area (Å²) in [7, 11) is 0. The molecule has 29 heavy (non-hydrogen) atoms. The van der Waals surface area contributed by atoms with Gasteiger partial charge in [-0.3, -0.25) is 9.59 Å². The maximum atomic E-state index is 12.3. The standard InChI is InChI=1S/C21H30N4O4/c1-14(23-20(27)15-5-2-3-6-15)19(26)24-16-8-10-17(11-9-16)25-21(28)22-13-18-7-4-12-29-18/h8-11,14-15,18H,2-7,12-13H2,1H3,(H,23,27)(H,24,26)(H2,22,25,28)/t14-,18+/m1/s1. The van der Waals surface area contributed by atoms with Crippen LogP contribution in [0.2, 0.25) is 0 Å². The third-order valence-corrected chi connectivity index (χ3v) is 5.40. The number of rotatable bonds is 7. The highest BCUT2D eigenvalue weighted by atomic mass is 16.5. The molecule has 2 fully saturated rings. The molecule has 8 nitrogen and oxygen atoms in total. The van der Waals surface area contributed by atoms with Gasteiger partial charge in [0.25, 0.3) is 0 Å². The second-order valence-corrected chi connectivity index (χ2v) is 7.75.